The maximum atomic E-state index is 11.4. The summed E-state index contributed by atoms with van der Waals surface area (Å²) in [6.45, 7) is 5.69. The van der Waals surface area contributed by atoms with Crippen LogP contribution in [-0.2, 0) is 6.54 Å². The van der Waals surface area contributed by atoms with Crippen molar-refractivity contribution in [2.24, 2.45) is 0 Å². The molecule has 2 aromatic heterocycles. The van der Waals surface area contributed by atoms with Gasteiger partial charge in [0.05, 0.1) is 17.8 Å². The van der Waals surface area contributed by atoms with E-state index in [1.54, 1.807) is 18.3 Å². The van der Waals surface area contributed by atoms with E-state index in [1.165, 1.54) is 12.1 Å². The van der Waals surface area contributed by atoms with Crippen molar-refractivity contribution in [1.82, 2.24) is 20.1 Å². The lowest BCUT2D eigenvalue weighted by atomic mass is 10.0. The number of hydrogen-bond donors (Lipinski definition) is 4. The van der Waals surface area contributed by atoms with E-state index >= 15 is 0 Å². The number of benzene rings is 1. The Morgan fingerprint density at radius 1 is 1.32 bits per heavy atom. The highest BCUT2D eigenvalue weighted by Crippen LogP contribution is 2.28. The second kappa shape index (κ2) is 7.50. The summed E-state index contributed by atoms with van der Waals surface area (Å²) < 4.78 is 1.84. The predicted molar refractivity (Wildman–Crippen MR) is 95.4 cm³/mol. The first kappa shape index (κ1) is 17.2. The number of aromatic amines is 1. The topological polar surface area (TPSA) is 103 Å². The van der Waals surface area contributed by atoms with Gasteiger partial charge in [-0.1, -0.05) is 6.07 Å². The number of fused-ring (bicyclic) bond motifs is 1. The third kappa shape index (κ3) is 4.07. The fourth-order valence-corrected chi connectivity index (χ4v) is 2.79. The summed E-state index contributed by atoms with van der Waals surface area (Å²) in [5.41, 5.74) is 1.59. The third-order valence-corrected chi connectivity index (χ3v) is 4.03. The molecule has 0 aliphatic heterocycles. The molecule has 0 amide bonds. The van der Waals surface area contributed by atoms with Gasteiger partial charge in [0.25, 0.3) is 0 Å². The van der Waals surface area contributed by atoms with E-state index < -0.39 is 6.10 Å². The van der Waals surface area contributed by atoms with Gasteiger partial charge in [-0.05, 0) is 43.1 Å². The number of pyridine rings is 1. The standard InChI is InChI=1S/C18H21N4O3/c1-12-9-20-22(11-12)8-2-7-19-10-16(24)13-3-5-15(23)18-14(13)4-6-17(25)21-18/h3-6,9,11,16,19,23-24H,1-2,7-8,10H2,(H,21,25)/t16-/m0/s1. The van der Waals surface area contributed by atoms with Gasteiger partial charge in [-0.15, -0.1) is 0 Å². The molecule has 25 heavy (non-hydrogen) atoms. The first-order chi connectivity index (χ1) is 12.0. The molecule has 0 saturated carbocycles. The highest BCUT2D eigenvalue weighted by molar-refractivity contribution is 5.87. The Balaban J connectivity index is 1.58. The van der Waals surface area contributed by atoms with Crippen molar-refractivity contribution in [3.8, 4) is 5.75 Å². The zero-order valence-electron chi connectivity index (χ0n) is 13.8. The minimum atomic E-state index is -0.745. The molecule has 0 bridgehead atoms. The minimum absolute atomic E-state index is 0.0133. The minimum Gasteiger partial charge on any atom is -0.506 e. The van der Waals surface area contributed by atoms with Crippen LogP contribution in [0.5, 0.6) is 5.75 Å². The van der Waals surface area contributed by atoms with Crippen molar-refractivity contribution < 1.29 is 10.2 Å². The van der Waals surface area contributed by atoms with Gasteiger partial charge in [-0.25, -0.2) is 0 Å². The number of phenols is 1. The lowest BCUT2D eigenvalue weighted by Gasteiger charge is -2.15. The largest absolute Gasteiger partial charge is 0.506 e. The molecule has 0 fully saturated rings. The molecule has 3 aromatic rings. The summed E-state index contributed by atoms with van der Waals surface area (Å²) in [6.07, 6.45) is 3.73. The summed E-state index contributed by atoms with van der Waals surface area (Å²) in [5, 5.41) is 28.3. The van der Waals surface area contributed by atoms with Crippen molar-refractivity contribution in [3.63, 3.8) is 0 Å². The number of aryl methyl sites for hydroxylation is 1. The van der Waals surface area contributed by atoms with Crippen LogP contribution in [-0.4, -0.2) is 38.1 Å². The van der Waals surface area contributed by atoms with Crippen LogP contribution >= 0.6 is 0 Å². The number of aromatic hydroxyl groups is 1. The number of phenolic OH excluding ortho intramolecular Hbond substituents is 1. The molecule has 2 heterocycles. The van der Waals surface area contributed by atoms with Crippen molar-refractivity contribution in [2.75, 3.05) is 13.1 Å². The molecule has 1 atom stereocenters. The number of nitrogens with one attached hydrogen (secondary N) is 2. The number of H-pyrrole nitrogens is 1. The van der Waals surface area contributed by atoms with E-state index in [2.05, 4.69) is 22.3 Å². The zero-order valence-corrected chi connectivity index (χ0v) is 13.8. The van der Waals surface area contributed by atoms with Crippen LogP contribution in [0.25, 0.3) is 10.9 Å². The van der Waals surface area contributed by atoms with E-state index in [1.807, 2.05) is 10.9 Å². The molecule has 7 nitrogen and oxygen atoms in total. The van der Waals surface area contributed by atoms with E-state index in [4.69, 9.17) is 0 Å². The first-order valence-corrected chi connectivity index (χ1v) is 8.12. The van der Waals surface area contributed by atoms with Gasteiger partial charge in [0, 0.05) is 30.7 Å². The Kier molecular flexibility index (Phi) is 5.16. The van der Waals surface area contributed by atoms with Crippen molar-refractivity contribution >= 4 is 10.9 Å². The monoisotopic (exact) mass is 341 g/mol. The van der Waals surface area contributed by atoms with Gasteiger partial charge < -0.3 is 20.5 Å². The summed E-state index contributed by atoms with van der Waals surface area (Å²) in [4.78, 5) is 14.0. The van der Waals surface area contributed by atoms with Gasteiger partial charge in [-0.3, -0.25) is 9.48 Å². The second-order valence-electron chi connectivity index (χ2n) is 5.97. The van der Waals surface area contributed by atoms with Crippen molar-refractivity contribution in [2.45, 2.75) is 19.1 Å². The molecule has 0 spiro atoms. The molecule has 4 N–H and O–H groups in total. The smallest absolute Gasteiger partial charge is 0.248 e. The Morgan fingerprint density at radius 3 is 2.92 bits per heavy atom. The molecular weight excluding hydrogens is 320 g/mol. The number of aliphatic hydroxyl groups excluding tert-OH is 1. The molecule has 1 aromatic carbocycles. The lowest BCUT2D eigenvalue weighted by Crippen LogP contribution is -2.23. The van der Waals surface area contributed by atoms with Crippen LogP contribution in [0.15, 0.2) is 41.5 Å². The third-order valence-electron chi connectivity index (χ3n) is 4.03. The normalized spacial score (nSPS) is 12.6. The fraction of sp³-hybridized carbons (Fsp3) is 0.278. The van der Waals surface area contributed by atoms with E-state index in [9.17, 15) is 15.0 Å². The highest BCUT2D eigenvalue weighted by Gasteiger charge is 2.13. The van der Waals surface area contributed by atoms with Gasteiger partial charge in [-0.2, -0.15) is 5.10 Å². The van der Waals surface area contributed by atoms with Crippen LogP contribution in [0, 0.1) is 6.92 Å². The summed E-state index contributed by atoms with van der Waals surface area (Å²) in [5.74, 6) is -0.0133. The molecule has 0 aliphatic rings. The van der Waals surface area contributed by atoms with Gasteiger partial charge >= 0.3 is 0 Å². The van der Waals surface area contributed by atoms with Crippen LogP contribution in [0.4, 0.5) is 0 Å². The summed E-state index contributed by atoms with van der Waals surface area (Å²) in [6, 6.07) is 6.14. The quantitative estimate of drug-likeness (QED) is 0.486. The van der Waals surface area contributed by atoms with Crippen LogP contribution in [0.1, 0.15) is 23.7 Å². The molecule has 7 heteroatoms. The van der Waals surface area contributed by atoms with Gasteiger partial charge in [0.2, 0.25) is 5.56 Å². The number of nitrogens with zero attached hydrogens (tertiary/aromatic N) is 2. The van der Waals surface area contributed by atoms with Crippen LogP contribution < -0.4 is 10.9 Å². The first-order valence-electron chi connectivity index (χ1n) is 8.12. The Morgan fingerprint density at radius 2 is 2.16 bits per heavy atom. The average Bonchev–Trinajstić information content (AvgIpc) is 3.00. The Labute approximate surface area is 144 Å². The predicted octanol–water partition coefficient (Wildman–Crippen LogP) is 1.33. The van der Waals surface area contributed by atoms with E-state index in [-0.39, 0.29) is 11.3 Å². The van der Waals surface area contributed by atoms with Crippen LogP contribution in [0.3, 0.4) is 0 Å². The highest BCUT2D eigenvalue weighted by atomic mass is 16.3. The molecule has 0 aliphatic carbocycles. The number of aliphatic hydroxyl groups is 1. The van der Waals surface area contributed by atoms with E-state index in [0.29, 0.717) is 23.0 Å². The number of rotatable bonds is 7. The second-order valence-corrected chi connectivity index (χ2v) is 5.97. The fourth-order valence-electron chi connectivity index (χ4n) is 2.79. The lowest BCUT2D eigenvalue weighted by molar-refractivity contribution is 0.176. The molecule has 0 saturated heterocycles. The molecule has 3 rings (SSSR count). The molecule has 1 radical (unpaired) electrons. The zero-order chi connectivity index (χ0) is 17.8. The Bertz CT molecular complexity index is 916. The summed E-state index contributed by atoms with van der Waals surface area (Å²) >= 11 is 0. The molecule has 0 unspecified atom stereocenters. The van der Waals surface area contributed by atoms with Crippen molar-refractivity contribution in [1.29, 1.82) is 0 Å². The molecular formula is C18H21N4O3. The maximum absolute atomic E-state index is 11.4. The average molecular weight is 341 g/mol. The SMILES string of the molecule is [CH2]c1cnn(CCCNC[C@H](O)c2ccc(O)c3[nH]c(=O)ccc23)c1. The molecule has 131 valence electrons. The van der Waals surface area contributed by atoms with Crippen molar-refractivity contribution in [3.05, 3.63) is 65.1 Å². The maximum Gasteiger partial charge on any atom is 0.248 e. The van der Waals surface area contributed by atoms with Crippen LogP contribution in [0.2, 0.25) is 0 Å². The summed E-state index contributed by atoms with van der Waals surface area (Å²) in [7, 11) is 0. The van der Waals surface area contributed by atoms with E-state index in [0.717, 1.165) is 25.1 Å². The number of hydrogen-bond acceptors (Lipinski definition) is 5. The number of aromatic nitrogens is 3. The van der Waals surface area contributed by atoms with Gasteiger partial charge in [0.1, 0.15) is 5.75 Å². The van der Waals surface area contributed by atoms with Gasteiger partial charge in [0.15, 0.2) is 0 Å². The Hall–Kier alpha value is -2.64.